The van der Waals surface area contributed by atoms with Crippen LogP contribution in [0.4, 0.5) is 0 Å². The summed E-state index contributed by atoms with van der Waals surface area (Å²) in [6.07, 6.45) is 4.56. The van der Waals surface area contributed by atoms with Crippen molar-refractivity contribution in [1.29, 1.82) is 0 Å². The Morgan fingerprint density at radius 1 is 0.962 bits per heavy atom. The van der Waals surface area contributed by atoms with Crippen LogP contribution in [0.25, 0.3) is 0 Å². The van der Waals surface area contributed by atoms with E-state index in [0.29, 0.717) is 25.7 Å². The van der Waals surface area contributed by atoms with E-state index in [2.05, 4.69) is 0 Å². The first-order valence-corrected chi connectivity index (χ1v) is 9.51. The fourth-order valence-corrected chi connectivity index (χ4v) is 3.68. The number of carbonyl (C=O) groups excluding carboxylic acids is 2. The van der Waals surface area contributed by atoms with Gasteiger partial charge in [-0.15, -0.1) is 0 Å². The molecule has 26 heavy (non-hydrogen) atoms. The van der Waals surface area contributed by atoms with Crippen molar-refractivity contribution in [2.45, 2.75) is 76.9 Å². The van der Waals surface area contributed by atoms with Crippen molar-refractivity contribution in [3.8, 4) is 0 Å². The van der Waals surface area contributed by atoms with Crippen LogP contribution in [0.15, 0.2) is 0 Å². The van der Waals surface area contributed by atoms with Gasteiger partial charge in [-0.2, -0.15) is 0 Å². The van der Waals surface area contributed by atoms with Crippen molar-refractivity contribution < 1.29 is 28.5 Å². The van der Waals surface area contributed by atoms with Gasteiger partial charge in [-0.1, -0.05) is 0 Å². The molecule has 1 unspecified atom stereocenters. The molecule has 1 aliphatic heterocycles. The summed E-state index contributed by atoms with van der Waals surface area (Å²) >= 11 is 0. The monoisotopic (exact) mass is 371 g/mol. The van der Waals surface area contributed by atoms with Crippen molar-refractivity contribution in [2.75, 3.05) is 27.3 Å². The maximum absolute atomic E-state index is 13.0. The Kier molecular flexibility index (Phi) is 7.05. The number of esters is 2. The molecule has 2 fully saturated rings. The Morgan fingerprint density at radius 3 is 2.00 bits per heavy atom. The van der Waals surface area contributed by atoms with Crippen molar-refractivity contribution in [3.63, 3.8) is 0 Å². The predicted octanol–water partition coefficient (Wildman–Crippen LogP) is 2.47. The highest BCUT2D eigenvalue weighted by Crippen LogP contribution is 2.34. The summed E-state index contributed by atoms with van der Waals surface area (Å²) in [5.41, 5.74) is -0.632. The molecule has 1 saturated carbocycles. The Morgan fingerprint density at radius 2 is 1.54 bits per heavy atom. The number of nitrogens with zero attached hydrogens (tertiary/aromatic N) is 1. The lowest BCUT2D eigenvalue weighted by atomic mass is 9.87. The molecule has 1 heterocycles. The predicted molar refractivity (Wildman–Crippen MR) is 95.2 cm³/mol. The van der Waals surface area contributed by atoms with Crippen molar-refractivity contribution in [2.24, 2.45) is 5.92 Å². The van der Waals surface area contributed by atoms with E-state index in [-0.39, 0.29) is 18.0 Å². The molecule has 7 heteroatoms. The Bertz CT molecular complexity index is 489. The molecule has 0 bridgehead atoms. The zero-order valence-electron chi connectivity index (χ0n) is 16.7. The van der Waals surface area contributed by atoms with Crippen LogP contribution in [0.1, 0.15) is 59.3 Å². The summed E-state index contributed by atoms with van der Waals surface area (Å²) < 4.78 is 22.4. The third-order valence-electron chi connectivity index (χ3n) is 4.99. The van der Waals surface area contributed by atoms with Crippen molar-refractivity contribution in [1.82, 2.24) is 4.90 Å². The number of hydrogen-bond acceptors (Lipinski definition) is 7. The van der Waals surface area contributed by atoms with Crippen LogP contribution in [0.5, 0.6) is 0 Å². The summed E-state index contributed by atoms with van der Waals surface area (Å²) in [6.45, 7) is 6.94. The molecule has 1 saturated heterocycles. The third kappa shape index (κ3) is 4.96. The third-order valence-corrected chi connectivity index (χ3v) is 4.99. The summed E-state index contributed by atoms with van der Waals surface area (Å²) in [5.74, 6) is -2.30. The van der Waals surface area contributed by atoms with Crippen LogP contribution < -0.4 is 0 Å². The Balaban J connectivity index is 2.11. The minimum atomic E-state index is -1.52. The van der Waals surface area contributed by atoms with Crippen molar-refractivity contribution >= 4 is 11.9 Å². The van der Waals surface area contributed by atoms with Crippen LogP contribution in [-0.4, -0.2) is 61.8 Å². The molecule has 2 rings (SSSR count). The summed E-state index contributed by atoms with van der Waals surface area (Å²) in [4.78, 5) is 26.6. The van der Waals surface area contributed by atoms with E-state index >= 15 is 0 Å². The van der Waals surface area contributed by atoms with Gasteiger partial charge in [-0.3, -0.25) is 4.79 Å². The van der Waals surface area contributed by atoms with Crippen LogP contribution in [0.2, 0.25) is 0 Å². The highest BCUT2D eigenvalue weighted by atomic mass is 16.8. The Hall–Kier alpha value is -1.18. The van der Waals surface area contributed by atoms with Gasteiger partial charge in [0.05, 0.1) is 19.1 Å². The normalized spacial score (nSPS) is 27.0. The van der Waals surface area contributed by atoms with Gasteiger partial charge in [0.1, 0.15) is 5.60 Å². The first kappa shape index (κ1) is 21.1. The van der Waals surface area contributed by atoms with Crippen LogP contribution in [-0.2, 0) is 28.5 Å². The molecule has 1 atom stereocenters. The van der Waals surface area contributed by atoms with Crippen molar-refractivity contribution in [3.05, 3.63) is 0 Å². The van der Waals surface area contributed by atoms with Crippen LogP contribution in [0, 0.1) is 5.92 Å². The zero-order chi connectivity index (χ0) is 19.4. The molecule has 2 aliphatic rings. The molecule has 1 aliphatic carbocycles. The fraction of sp³-hybridized carbons (Fsp3) is 0.895. The second kappa shape index (κ2) is 8.67. The first-order chi connectivity index (χ1) is 12.2. The number of hydrogen-bond donors (Lipinski definition) is 0. The van der Waals surface area contributed by atoms with E-state index in [9.17, 15) is 9.59 Å². The number of rotatable bonds is 6. The molecule has 0 amide bonds. The summed E-state index contributed by atoms with van der Waals surface area (Å²) in [7, 11) is 2.90. The largest absolute Gasteiger partial charge is 0.469 e. The summed E-state index contributed by atoms with van der Waals surface area (Å²) in [6, 6.07) is 0. The van der Waals surface area contributed by atoms with E-state index in [0.717, 1.165) is 25.9 Å². The lowest BCUT2D eigenvalue weighted by Crippen LogP contribution is -2.60. The van der Waals surface area contributed by atoms with Gasteiger partial charge in [0, 0.05) is 20.2 Å². The number of likely N-dealkylation sites (tertiary alicyclic amines) is 1. The summed E-state index contributed by atoms with van der Waals surface area (Å²) in [5, 5.41) is 0. The SMILES string of the molecule is COC(=O)C1CCC(OC(OC)(C(=O)OC(C)(C)C)N2CCCC2)CC1. The molecule has 0 aromatic carbocycles. The van der Waals surface area contributed by atoms with E-state index in [4.69, 9.17) is 18.9 Å². The molecule has 7 nitrogen and oxygen atoms in total. The van der Waals surface area contributed by atoms with Gasteiger partial charge in [0.15, 0.2) is 0 Å². The second-order valence-corrected chi connectivity index (χ2v) is 8.10. The molecule has 0 aromatic heterocycles. The minimum Gasteiger partial charge on any atom is -0.469 e. The van der Waals surface area contributed by atoms with E-state index in [1.807, 2.05) is 25.7 Å². The number of carbonyl (C=O) groups is 2. The van der Waals surface area contributed by atoms with Gasteiger partial charge in [0.25, 0.3) is 0 Å². The smallest absolute Gasteiger partial charge is 0.384 e. The van der Waals surface area contributed by atoms with E-state index < -0.39 is 17.5 Å². The van der Waals surface area contributed by atoms with E-state index in [1.165, 1.54) is 14.2 Å². The molecule has 150 valence electrons. The zero-order valence-corrected chi connectivity index (χ0v) is 16.7. The van der Waals surface area contributed by atoms with Gasteiger partial charge in [-0.25, -0.2) is 9.69 Å². The van der Waals surface area contributed by atoms with E-state index in [1.54, 1.807) is 0 Å². The number of ether oxygens (including phenoxy) is 4. The molecule has 0 N–H and O–H groups in total. The molecule has 0 radical (unpaired) electrons. The second-order valence-electron chi connectivity index (χ2n) is 8.10. The lowest BCUT2D eigenvalue weighted by Gasteiger charge is -2.42. The molecular weight excluding hydrogens is 338 g/mol. The lowest BCUT2D eigenvalue weighted by molar-refractivity contribution is -0.318. The van der Waals surface area contributed by atoms with Gasteiger partial charge in [-0.05, 0) is 59.3 Å². The maximum Gasteiger partial charge on any atom is 0.384 e. The van der Waals surface area contributed by atoms with Gasteiger partial charge in [0.2, 0.25) is 0 Å². The molecule has 0 aromatic rings. The highest BCUT2D eigenvalue weighted by molar-refractivity contribution is 5.78. The average Bonchev–Trinajstić information content (AvgIpc) is 3.13. The average molecular weight is 371 g/mol. The van der Waals surface area contributed by atoms with Crippen LogP contribution in [0.3, 0.4) is 0 Å². The Labute approximate surface area is 156 Å². The number of methoxy groups -OCH3 is 2. The van der Waals surface area contributed by atoms with Gasteiger partial charge < -0.3 is 18.9 Å². The molecular formula is C19H33NO6. The van der Waals surface area contributed by atoms with Gasteiger partial charge >= 0.3 is 17.8 Å². The highest BCUT2D eigenvalue weighted by Gasteiger charge is 2.52. The maximum atomic E-state index is 13.0. The van der Waals surface area contributed by atoms with Crippen LogP contribution >= 0.6 is 0 Å². The standard InChI is InChI=1S/C19H33NO6/c1-18(2,3)26-17(22)19(24-5,20-12-6-7-13-20)25-15-10-8-14(9-11-15)16(21)23-4/h14-15H,6-13H2,1-5H3. The molecule has 0 spiro atoms. The minimum absolute atomic E-state index is 0.0925. The fourth-order valence-electron chi connectivity index (χ4n) is 3.68. The topological polar surface area (TPSA) is 74.3 Å². The first-order valence-electron chi connectivity index (χ1n) is 9.51. The quantitative estimate of drug-likeness (QED) is 0.524.